The average Bonchev–Trinajstić information content (AvgIpc) is 2.47. The van der Waals surface area contributed by atoms with Gasteiger partial charge in [-0.25, -0.2) is 13.1 Å². The maximum Gasteiger partial charge on any atom is 0.240 e. The van der Waals surface area contributed by atoms with Gasteiger partial charge in [-0.1, -0.05) is 19.8 Å². The van der Waals surface area contributed by atoms with E-state index in [9.17, 15) is 8.42 Å². The van der Waals surface area contributed by atoms with E-state index in [1.165, 1.54) is 32.7 Å². The molecule has 20 heavy (non-hydrogen) atoms. The first-order valence-electron chi connectivity index (χ1n) is 7.29. The monoisotopic (exact) mass is 296 g/mol. The number of sulfonamides is 1. The Bertz CT molecular complexity index is 517. The highest BCUT2D eigenvalue weighted by Crippen LogP contribution is 2.28. The van der Waals surface area contributed by atoms with E-state index in [1.807, 2.05) is 12.1 Å². The fourth-order valence-electron chi connectivity index (χ4n) is 2.67. The molecule has 5 heteroatoms. The van der Waals surface area contributed by atoms with Crippen molar-refractivity contribution in [1.82, 2.24) is 4.72 Å². The predicted molar refractivity (Wildman–Crippen MR) is 82.3 cm³/mol. The predicted octanol–water partition coefficient (Wildman–Crippen LogP) is 2.83. The summed E-state index contributed by atoms with van der Waals surface area (Å²) in [7, 11) is -1.91. The normalized spacial score (nSPS) is 23.5. The van der Waals surface area contributed by atoms with Crippen LogP contribution in [-0.2, 0) is 10.0 Å². The van der Waals surface area contributed by atoms with Gasteiger partial charge in [0.15, 0.2) is 0 Å². The van der Waals surface area contributed by atoms with Crippen molar-refractivity contribution in [3.8, 4) is 0 Å². The molecular formula is C15H24N2O2S. The molecular weight excluding hydrogens is 272 g/mol. The Balaban J connectivity index is 1.88. The molecule has 0 aliphatic heterocycles. The standard InChI is InChI=1S/C15H24N2O2S/c1-12-3-5-13(6-4-12)11-17-14-7-9-15(10-8-14)20(18,19)16-2/h7-10,12-13,16-17H,3-6,11H2,1-2H3. The van der Waals surface area contributed by atoms with Gasteiger partial charge in [-0.3, -0.25) is 0 Å². The summed E-state index contributed by atoms with van der Waals surface area (Å²) in [4.78, 5) is 0.303. The van der Waals surface area contributed by atoms with Gasteiger partial charge < -0.3 is 5.32 Å². The second-order valence-electron chi connectivity index (χ2n) is 5.74. The van der Waals surface area contributed by atoms with Crippen LogP contribution in [0.5, 0.6) is 0 Å². The van der Waals surface area contributed by atoms with Crippen LogP contribution in [-0.4, -0.2) is 22.0 Å². The number of hydrogen-bond acceptors (Lipinski definition) is 3. The maximum atomic E-state index is 11.6. The number of anilines is 1. The molecule has 0 radical (unpaired) electrons. The van der Waals surface area contributed by atoms with Crippen molar-refractivity contribution >= 4 is 15.7 Å². The van der Waals surface area contributed by atoms with Crippen molar-refractivity contribution in [3.63, 3.8) is 0 Å². The van der Waals surface area contributed by atoms with E-state index >= 15 is 0 Å². The minimum Gasteiger partial charge on any atom is -0.385 e. The molecule has 0 saturated heterocycles. The third-order valence-electron chi connectivity index (χ3n) is 4.16. The van der Waals surface area contributed by atoms with E-state index in [2.05, 4.69) is 17.0 Å². The van der Waals surface area contributed by atoms with E-state index in [0.717, 1.165) is 24.1 Å². The molecule has 112 valence electrons. The van der Waals surface area contributed by atoms with Gasteiger partial charge in [0.2, 0.25) is 10.0 Å². The van der Waals surface area contributed by atoms with Crippen LogP contribution < -0.4 is 10.0 Å². The number of hydrogen-bond donors (Lipinski definition) is 2. The van der Waals surface area contributed by atoms with Crippen LogP contribution in [0.15, 0.2) is 29.2 Å². The lowest BCUT2D eigenvalue weighted by atomic mass is 9.83. The summed E-state index contributed by atoms with van der Waals surface area (Å²) < 4.78 is 25.5. The molecule has 0 aromatic heterocycles. The van der Waals surface area contributed by atoms with Gasteiger partial charge in [-0.2, -0.15) is 0 Å². The molecule has 0 atom stereocenters. The summed E-state index contributed by atoms with van der Waals surface area (Å²) >= 11 is 0. The van der Waals surface area contributed by atoms with Gasteiger partial charge in [0.25, 0.3) is 0 Å². The van der Waals surface area contributed by atoms with Crippen LogP contribution in [0.3, 0.4) is 0 Å². The first kappa shape index (κ1) is 15.3. The quantitative estimate of drug-likeness (QED) is 0.878. The average molecular weight is 296 g/mol. The topological polar surface area (TPSA) is 58.2 Å². The molecule has 1 saturated carbocycles. The first-order chi connectivity index (χ1) is 9.51. The summed E-state index contributed by atoms with van der Waals surface area (Å²) in [6, 6.07) is 6.93. The lowest BCUT2D eigenvalue weighted by molar-refractivity contribution is 0.300. The van der Waals surface area contributed by atoms with Gasteiger partial charge >= 0.3 is 0 Å². The molecule has 1 aromatic carbocycles. The molecule has 0 spiro atoms. The summed E-state index contributed by atoms with van der Waals surface area (Å²) in [6.07, 6.45) is 5.23. The fraction of sp³-hybridized carbons (Fsp3) is 0.600. The van der Waals surface area contributed by atoms with Gasteiger partial charge in [-0.05, 0) is 56.0 Å². The zero-order chi connectivity index (χ0) is 14.6. The van der Waals surface area contributed by atoms with E-state index in [0.29, 0.717) is 4.90 Å². The van der Waals surface area contributed by atoms with E-state index in [4.69, 9.17) is 0 Å². The highest BCUT2D eigenvalue weighted by Gasteiger charge is 2.17. The van der Waals surface area contributed by atoms with Gasteiger partial charge in [0, 0.05) is 12.2 Å². The third kappa shape index (κ3) is 3.96. The van der Waals surface area contributed by atoms with Crippen molar-refractivity contribution in [2.24, 2.45) is 11.8 Å². The molecule has 1 fully saturated rings. The highest BCUT2D eigenvalue weighted by atomic mass is 32.2. The maximum absolute atomic E-state index is 11.6. The van der Waals surface area contributed by atoms with Crippen LogP contribution in [0.4, 0.5) is 5.69 Å². The Morgan fingerprint density at radius 3 is 2.25 bits per heavy atom. The molecule has 1 aliphatic carbocycles. The van der Waals surface area contributed by atoms with Crippen LogP contribution in [0, 0.1) is 11.8 Å². The second kappa shape index (κ2) is 6.59. The molecule has 0 amide bonds. The SMILES string of the molecule is CNS(=O)(=O)c1ccc(NCC2CCC(C)CC2)cc1. The summed E-state index contributed by atoms with van der Waals surface area (Å²) in [5.74, 6) is 1.62. The third-order valence-corrected chi connectivity index (χ3v) is 5.59. The first-order valence-corrected chi connectivity index (χ1v) is 8.77. The molecule has 2 N–H and O–H groups in total. The van der Waals surface area contributed by atoms with Crippen LogP contribution in [0.2, 0.25) is 0 Å². The summed E-state index contributed by atoms with van der Waals surface area (Å²) in [5, 5.41) is 3.41. The molecule has 0 unspecified atom stereocenters. The highest BCUT2D eigenvalue weighted by molar-refractivity contribution is 7.89. The molecule has 2 rings (SSSR count). The van der Waals surface area contributed by atoms with Crippen molar-refractivity contribution in [1.29, 1.82) is 0 Å². The van der Waals surface area contributed by atoms with Gasteiger partial charge in [0.05, 0.1) is 4.90 Å². The van der Waals surface area contributed by atoms with Gasteiger partial charge in [-0.15, -0.1) is 0 Å². The summed E-state index contributed by atoms with van der Waals surface area (Å²) in [5.41, 5.74) is 0.985. The molecule has 0 heterocycles. The van der Waals surface area contributed by atoms with Crippen LogP contribution in [0.1, 0.15) is 32.6 Å². The molecule has 0 bridgehead atoms. The molecule has 4 nitrogen and oxygen atoms in total. The van der Waals surface area contributed by atoms with Crippen molar-refractivity contribution in [2.45, 2.75) is 37.5 Å². The Kier molecular flexibility index (Phi) is 5.05. The van der Waals surface area contributed by atoms with E-state index in [-0.39, 0.29) is 0 Å². The molecule has 1 aliphatic rings. The fourth-order valence-corrected chi connectivity index (χ4v) is 3.40. The van der Waals surface area contributed by atoms with Crippen molar-refractivity contribution < 1.29 is 8.42 Å². The zero-order valence-corrected chi connectivity index (χ0v) is 13.0. The van der Waals surface area contributed by atoms with Crippen molar-refractivity contribution in [2.75, 3.05) is 18.9 Å². The molecule has 1 aromatic rings. The Morgan fingerprint density at radius 2 is 1.70 bits per heavy atom. The van der Waals surface area contributed by atoms with Gasteiger partial charge in [0.1, 0.15) is 0 Å². The zero-order valence-electron chi connectivity index (χ0n) is 12.2. The number of rotatable bonds is 5. The van der Waals surface area contributed by atoms with E-state index < -0.39 is 10.0 Å². The second-order valence-corrected chi connectivity index (χ2v) is 7.63. The Labute approximate surface area is 122 Å². The van der Waals surface area contributed by atoms with E-state index in [1.54, 1.807) is 12.1 Å². The Hall–Kier alpha value is -1.07. The minimum atomic E-state index is -3.33. The van der Waals surface area contributed by atoms with Crippen LogP contribution >= 0.6 is 0 Å². The summed E-state index contributed by atoms with van der Waals surface area (Å²) in [6.45, 7) is 3.30. The Morgan fingerprint density at radius 1 is 1.10 bits per heavy atom. The van der Waals surface area contributed by atoms with Crippen LogP contribution in [0.25, 0.3) is 0 Å². The lowest BCUT2D eigenvalue weighted by Gasteiger charge is -2.26. The lowest BCUT2D eigenvalue weighted by Crippen LogP contribution is -2.20. The number of benzene rings is 1. The largest absolute Gasteiger partial charge is 0.385 e. The van der Waals surface area contributed by atoms with Crippen molar-refractivity contribution in [3.05, 3.63) is 24.3 Å². The minimum absolute atomic E-state index is 0.303. The smallest absolute Gasteiger partial charge is 0.240 e. The number of nitrogens with one attached hydrogen (secondary N) is 2.